The Morgan fingerprint density at radius 3 is 2.57 bits per heavy atom. The molecule has 7 nitrogen and oxygen atoms in total. The highest BCUT2D eigenvalue weighted by molar-refractivity contribution is 6.00. The second kappa shape index (κ2) is 6.81. The third-order valence-corrected chi connectivity index (χ3v) is 5.22. The van der Waals surface area contributed by atoms with Crippen LogP contribution >= 0.6 is 0 Å². The van der Waals surface area contributed by atoms with E-state index in [4.69, 9.17) is 9.15 Å². The van der Waals surface area contributed by atoms with Crippen LogP contribution in [0.1, 0.15) is 31.9 Å². The van der Waals surface area contributed by atoms with Crippen LogP contribution in [0.2, 0.25) is 0 Å². The molecular weight excluding hydrogens is 388 g/mol. The van der Waals surface area contributed by atoms with E-state index in [1.165, 1.54) is 12.1 Å². The van der Waals surface area contributed by atoms with Gasteiger partial charge in [0.25, 0.3) is 0 Å². The molecule has 0 spiro atoms. The molecule has 30 heavy (non-hydrogen) atoms. The molecule has 1 aromatic heterocycles. The minimum absolute atomic E-state index is 0.0297. The minimum Gasteiger partial charge on any atom is -0.506 e. The summed E-state index contributed by atoms with van der Waals surface area (Å²) in [5.74, 6) is -0.902. The highest BCUT2D eigenvalue weighted by Crippen LogP contribution is 2.46. The van der Waals surface area contributed by atoms with Crippen molar-refractivity contribution < 1.29 is 29.6 Å². The summed E-state index contributed by atoms with van der Waals surface area (Å²) in [6.07, 6.45) is 5.51. The maximum atomic E-state index is 13.2. The van der Waals surface area contributed by atoms with E-state index in [-0.39, 0.29) is 40.7 Å². The van der Waals surface area contributed by atoms with Gasteiger partial charge in [0.1, 0.15) is 28.1 Å². The van der Waals surface area contributed by atoms with Crippen molar-refractivity contribution in [2.24, 2.45) is 0 Å². The van der Waals surface area contributed by atoms with Gasteiger partial charge < -0.3 is 29.6 Å². The standard InChI is InChI=1S/C23H22O7/c1-11(10-24)4-5-14-20-13(8-9-23(2,3)30-20)18(27)16-17(26)12-6-7-15(25)19(28)22(12)29-21(14)16/h4,6-9,24-25,27-28H,5,10H2,1-3H3/b11-4+. The average molecular weight is 410 g/mol. The Morgan fingerprint density at radius 1 is 1.13 bits per heavy atom. The minimum atomic E-state index is -0.658. The van der Waals surface area contributed by atoms with Crippen LogP contribution in [0, 0.1) is 0 Å². The summed E-state index contributed by atoms with van der Waals surface area (Å²) in [5.41, 5.74) is 0.240. The first-order valence-corrected chi connectivity index (χ1v) is 9.48. The Morgan fingerprint density at radius 2 is 1.87 bits per heavy atom. The summed E-state index contributed by atoms with van der Waals surface area (Å²) >= 11 is 0. The molecule has 3 aromatic rings. The summed E-state index contributed by atoms with van der Waals surface area (Å²) in [4.78, 5) is 13.2. The zero-order chi connectivity index (χ0) is 21.8. The quantitative estimate of drug-likeness (QED) is 0.295. The van der Waals surface area contributed by atoms with Crippen LogP contribution in [0.4, 0.5) is 0 Å². The monoisotopic (exact) mass is 410 g/mol. The van der Waals surface area contributed by atoms with Crippen molar-refractivity contribution in [3.05, 3.63) is 51.2 Å². The van der Waals surface area contributed by atoms with Crippen LogP contribution in [0.15, 0.2) is 39.1 Å². The first-order valence-electron chi connectivity index (χ1n) is 9.48. The van der Waals surface area contributed by atoms with Gasteiger partial charge >= 0.3 is 0 Å². The number of phenolic OH excluding ortho intramolecular Hbond substituents is 3. The van der Waals surface area contributed by atoms with E-state index >= 15 is 0 Å². The SMILES string of the molecule is C/C(=C\Cc1c2c(c(O)c3c(=O)c4ccc(O)c(O)c4oc13)C=CC(C)(C)O2)CO. The number of aromatic hydroxyl groups is 3. The molecular formula is C23H22O7. The van der Waals surface area contributed by atoms with Crippen LogP contribution < -0.4 is 10.2 Å². The molecule has 0 saturated carbocycles. The Labute approximate surface area is 171 Å². The Balaban J connectivity index is 2.18. The van der Waals surface area contributed by atoms with E-state index < -0.39 is 22.5 Å². The summed E-state index contributed by atoms with van der Waals surface area (Å²) < 4.78 is 12.0. The van der Waals surface area contributed by atoms with Gasteiger partial charge in [0, 0.05) is 5.56 Å². The summed E-state index contributed by atoms with van der Waals surface area (Å²) in [7, 11) is 0. The van der Waals surface area contributed by atoms with Crippen molar-refractivity contribution in [2.45, 2.75) is 32.8 Å². The second-order valence-electron chi connectivity index (χ2n) is 7.97. The van der Waals surface area contributed by atoms with Gasteiger partial charge in [0.2, 0.25) is 11.2 Å². The molecule has 7 heteroatoms. The smallest absolute Gasteiger partial charge is 0.204 e. The van der Waals surface area contributed by atoms with Gasteiger partial charge in [0.05, 0.1) is 17.6 Å². The van der Waals surface area contributed by atoms with Crippen LogP contribution in [-0.4, -0.2) is 32.6 Å². The van der Waals surface area contributed by atoms with E-state index in [1.807, 2.05) is 13.8 Å². The fourth-order valence-corrected chi connectivity index (χ4v) is 3.55. The molecule has 0 bridgehead atoms. The maximum Gasteiger partial charge on any atom is 0.204 e. The van der Waals surface area contributed by atoms with Crippen LogP contribution in [0.25, 0.3) is 28.0 Å². The fraction of sp³-hybridized carbons (Fsp3) is 0.261. The molecule has 0 radical (unpaired) electrons. The third-order valence-electron chi connectivity index (χ3n) is 5.22. The number of rotatable bonds is 3. The maximum absolute atomic E-state index is 13.2. The molecule has 4 rings (SSSR count). The largest absolute Gasteiger partial charge is 0.506 e. The lowest BCUT2D eigenvalue weighted by Gasteiger charge is -2.30. The first kappa shape index (κ1) is 19.8. The van der Waals surface area contributed by atoms with E-state index in [9.17, 15) is 25.2 Å². The Bertz CT molecular complexity index is 1310. The fourth-order valence-electron chi connectivity index (χ4n) is 3.55. The number of aliphatic hydroxyl groups is 1. The lowest BCUT2D eigenvalue weighted by atomic mass is 9.94. The molecule has 0 atom stereocenters. The molecule has 2 aromatic carbocycles. The second-order valence-corrected chi connectivity index (χ2v) is 7.97. The van der Waals surface area contributed by atoms with Crippen molar-refractivity contribution >= 4 is 28.0 Å². The molecule has 2 heterocycles. The Hall–Kier alpha value is -3.45. The Kier molecular flexibility index (Phi) is 4.51. The van der Waals surface area contributed by atoms with Gasteiger partial charge in [-0.3, -0.25) is 4.79 Å². The average Bonchev–Trinajstić information content (AvgIpc) is 2.69. The number of fused-ring (bicyclic) bond motifs is 3. The van der Waals surface area contributed by atoms with Gasteiger partial charge in [-0.15, -0.1) is 0 Å². The zero-order valence-corrected chi connectivity index (χ0v) is 16.8. The van der Waals surface area contributed by atoms with Crippen molar-refractivity contribution in [3.8, 4) is 23.0 Å². The lowest BCUT2D eigenvalue weighted by molar-refractivity contribution is 0.157. The van der Waals surface area contributed by atoms with E-state index in [0.717, 1.165) is 0 Å². The van der Waals surface area contributed by atoms with Gasteiger partial charge in [-0.25, -0.2) is 0 Å². The predicted molar refractivity (Wildman–Crippen MR) is 113 cm³/mol. The highest BCUT2D eigenvalue weighted by atomic mass is 16.5. The number of phenols is 3. The molecule has 0 aliphatic carbocycles. The number of hydrogen-bond donors (Lipinski definition) is 4. The number of aliphatic hydroxyl groups excluding tert-OH is 1. The molecule has 0 fully saturated rings. The number of ether oxygens (including phenoxy) is 1. The van der Waals surface area contributed by atoms with Crippen LogP contribution in [0.5, 0.6) is 23.0 Å². The lowest BCUT2D eigenvalue weighted by Crippen LogP contribution is -2.28. The van der Waals surface area contributed by atoms with Crippen molar-refractivity contribution in [3.63, 3.8) is 0 Å². The topological polar surface area (TPSA) is 120 Å². The first-order chi connectivity index (χ1) is 14.1. The van der Waals surface area contributed by atoms with Gasteiger partial charge in [-0.2, -0.15) is 0 Å². The van der Waals surface area contributed by atoms with E-state index in [2.05, 4.69) is 0 Å². The summed E-state index contributed by atoms with van der Waals surface area (Å²) in [6, 6.07) is 2.52. The normalized spacial score (nSPS) is 15.4. The van der Waals surface area contributed by atoms with E-state index in [1.54, 1.807) is 25.2 Å². The molecule has 1 aliphatic heterocycles. The van der Waals surface area contributed by atoms with Crippen molar-refractivity contribution in [1.82, 2.24) is 0 Å². The van der Waals surface area contributed by atoms with Gasteiger partial charge in [-0.1, -0.05) is 11.6 Å². The van der Waals surface area contributed by atoms with Gasteiger partial charge in [0.15, 0.2) is 11.3 Å². The van der Waals surface area contributed by atoms with E-state index in [0.29, 0.717) is 22.4 Å². The molecule has 1 aliphatic rings. The molecule has 0 unspecified atom stereocenters. The molecule has 156 valence electrons. The zero-order valence-electron chi connectivity index (χ0n) is 16.8. The third kappa shape index (κ3) is 2.98. The summed E-state index contributed by atoms with van der Waals surface area (Å²) in [5, 5.41) is 40.4. The molecule has 4 N–H and O–H groups in total. The summed E-state index contributed by atoms with van der Waals surface area (Å²) in [6.45, 7) is 5.33. The molecule has 0 saturated heterocycles. The van der Waals surface area contributed by atoms with Crippen molar-refractivity contribution in [1.29, 1.82) is 0 Å². The van der Waals surface area contributed by atoms with Crippen molar-refractivity contribution in [2.75, 3.05) is 6.61 Å². The van der Waals surface area contributed by atoms with Gasteiger partial charge in [-0.05, 0) is 51.5 Å². The number of hydrogen-bond acceptors (Lipinski definition) is 7. The van der Waals surface area contributed by atoms with Crippen LogP contribution in [-0.2, 0) is 6.42 Å². The van der Waals surface area contributed by atoms with Crippen LogP contribution in [0.3, 0.4) is 0 Å². The highest BCUT2D eigenvalue weighted by Gasteiger charge is 2.30. The number of allylic oxidation sites excluding steroid dienone is 1. The number of benzene rings is 2. The molecule has 0 amide bonds. The predicted octanol–water partition coefficient (Wildman–Crippen LogP) is 3.73.